The number of aryl methyl sites for hydroxylation is 1. The van der Waals surface area contributed by atoms with Gasteiger partial charge in [0, 0.05) is 23.2 Å². The van der Waals surface area contributed by atoms with Crippen molar-refractivity contribution >= 4 is 81.6 Å². The Morgan fingerprint density at radius 3 is 2.44 bits per heavy atom. The highest BCUT2D eigenvalue weighted by Crippen LogP contribution is 2.42. The molecular weight excluding hydrogens is 761 g/mol. The molecule has 1 aromatic carbocycles. The lowest BCUT2D eigenvalue weighted by Crippen LogP contribution is -2.71. The summed E-state index contributed by atoms with van der Waals surface area (Å²) < 4.78 is 23.3. The zero-order valence-electron chi connectivity index (χ0n) is 30.8. The van der Waals surface area contributed by atoms with Crippen LogP contribution in [0.2, 0.25) is 0 Å². The lowest BCUT2D eigenvalue weighted by atomic mass is 10.0. The largest absolute Gasteiger partial charge is 0.464 e. The van der Waals surface area contributed by atoms with Crippen molar-refractivity contribution in [2.75, 3.05) is 24.9 Å². The van der Waals surface area contributed by atoms with Crippen molar-refractivity contribution in [3.8, 4) is 0 Å². The first-order valence-corrected chi connectivity index (χ1v) is 19.9. The van der Waals surface area contributed by atoms with E-state index < -0.39 is 77.6 Å². The van der Waals surface area contributed by atoms with E-state index in [2.05, 4.69) is 20.8 Å². The van der Waals surface area contributed by atoms with Crippen LogP contribution in [0.25, 0.3) is 10.9 Å². The maximum Gasteiger partial charge on any atom is 0.408 e. The normalized spacial score (nSPS) is 18.0. The predicted octanol–water partition coefficient (Wildman–Crippen LogP) is 3.94. The second kappa shape index (κ2) is 17.2. The Hall–Kier alpha value is -4.62. The molecule has 4 heterocycles. The second-order valence-corrected chi connectivity index (χ2v) is 17.1. The molecule has 2 aromatic heterocycles. The molecule has 0 bridgehead atoms. The highest BCUT2D eigenvalue weighted by Gasteiger charge is 2.55. The van der Waals surface area contributed by atoms with Gasteiger partial charge in [-0.05, 0) is 63.6 Å². The number of para-hydroxylation sites is 1. The number of aromatic nitrogens is 3. The number of carbonyl (C=O) groups is 6. The number of hydrogen-bond acceptors (Lipinski definition) is 15. The molecule has 1 fully saturated rings. The maximum atomic E-state index is 13.8. The number of carbonyl (C=O) groups excluding carboxylic acids is 6. The molecule has 54 heavy (non-hydrogen) atoms. The maximum absolute atomic E-state index is 13.8. The Bertz CT molecular complexity index is 1950. The van der Waals surface area contributed by atoms with E-state index in [1.54, 1.807) is 65.9 Å². The number of nitrogens with one attached hydrogen (secondary N) is 2. The molecule has 16 nitrogen and oxygen atoms in total. The van der Waals surface area contributed by atoms with E-state index in [1.807, 2.05) is 19.1 Å². The zero-order valence-corrected chi connectivity index (χ0v) is 33.2. The molecule has 0 spiro atoms. The van der Waals surface area contributed by atoms with Crippen LogP contribution in [0.4, 0.5) is 4.79 Å². The van der Waals surface area contributed by atoms with Crippen LogP contribution in [0.5, 0.6) is 0 Å². The molecule has 3 aromatic rings. The zero-order chi connectivity index (χ0) is 39.3. The molecule has 2 aliphatic rings. The Morgan fingerprint density at radius 1 is 1.04 bits per heavy atom. The fraction of sp³-hybridized carbons (Fsp3) is 0.486. The molecule has 0 aliphatic carbocycles. The molecule has 2 N–H and O–H groups in total. The number of esters is 3. The van der Waals surface area contributed by atoms with Gasteiger partial charge in [0.25, 0.3) is 11.8 Å². The number of alkyl carbamates (subject to hydrolysis) is 1. The van der Waals surface area contributed by atoms with E-state index >= 15 is 0 Å². The van der Waals surface area contributed by atoms with E-state index in [4.69, 9.17) is 18.9 Å². The Labute approximate surface area is 324 Å². The number of thioether (sulfide) groups is 2. The molecular formula is C35H42N6O10S3. The van der Waals surface area contributed by atoms with Gasteiger partial charge in [-0.25, -0.2) is 19.2 Å². The van der Waals surface area contributed by atoms with Gasteiger partial charge in [-0.15, -0.1) is 22.0 Å². The number of amides is 3. The minimum absolute atomic E-state index is 0.0395. The summed E-state index contributed by atoms with van der Waals surface area (Å²) in [7, 11) is 0. The predicted molar refractivity (Wildman–Crippen MR) is 200 cm³/mol. The number of benzene rings is 1. The van der Waals surface area contributed by atoms with Crippen molar-refractivity contribution in [3.05, 3.63) is 52.8 Å². The first-order chi connectivity index (χ1) is 25.6. The van der Waals surface area contributed by atoms with Crippen molar-refractivity contribution < 1.29 is 47.7 Å². The van der Waals surface area contributed by atoms with E-state index in [0.29, 0.717) is 15.4 Å². The van der Waals surface area contributed by atoms with Crippen LogP contribution in [0.1, 0.15) is 52.6 Å². The number of nitrogens with zero attached hydrogens (tertiary/aromatic N) is 4. The van der Waals surface area contributed by atoms with Crippen LogP contribution >= 0.6 is 34.9 Å². The number of ether oxygens (including phenoxy) is 4. The van der Waals surface area contributed by atoms with Gasteiger partial charge < -0.3 is 34.1 Å². The number of rotatable bonds is 14. The Kier molecular flexibility index (Phi) is 12.9. The van der Waals surface area contributed by atoms with Crippen molar-refractivity contribution in [3.63, 3.8) is 0 Å². The van der Waals surface area contributed by atoms with Crippen molar-refractivity contribution in [2.24, 2.45) is 5.92 Å². The standard InChI is InChI=1S/C35H42N6O10S3/c1-8-48-32(46)26(40-14-13-20-11-9-10-12-22(20)40)27(42)36-24-28(43)41-25(21(15-52-29(24)41)16-53-34-39-38-19(4)54-34)31(45)50-17-49-30(44)23(18(2)3)37-33(47)51-35(5,6)7/h9-14,18,23-24,26,29H,8,15-17H2,1-7H3,(H,36,42)(H,37,47). The van der Waals surface area contributed by atoms with Gasteiger partial charge in [-0.2, -0.15) is 0 Å². The lowest BCUT2D eigenvalue weighted by Gasteiger charge is -2.49. The summed E-state index contributed by atoms with van der Waals surface area (Å²) in [5.74, 6) is -3.76. The van der Waals surface area contributed by atoms with Gasteiger partial charge in [-0.3, -0.25) is 14.5 Å². The molecule has 4 atom stereocenters. The summed E-state index contributed by atoms with van der Waals surface area (Å²) in [5, 5.41) is 14.2. The van der Waals surface area contributed by atoms with E-state index in [0.717, 1.165) is 10.4 Å². The third-order valence-corrected chi connectivity index (χ3v) is 11.5. The fourth-order valence-corrected chi connectivity index (χ4v) is 8.93. The number of hydrogen-bond donors (Lipinski definition) is 2. The molecule has 2 aliphatic heterocycles. The monoisotopic (exact) mass is 802 g/mol. The van der Waals surface area contributed by atoms with Gasteiger partial charge in [0.05, 0.1) is 6.61 Å². The minimum atomic E-state index is -1.42. The summed E-state index contributed by atoms with van der Waals surface area (Å²) in [5.41, 5.74) is 0.333. The highest BCUT2D eigenvalue weighted by atomic mass is 32.2. The molecule has 19 heteroatoms. The van der Waals surface area contributed by atoms with Crippen molar-refractivity contribution in [1.29, 1.82) is 0 Å². The van der Waals surface area contributed by atoms with Crippen LogP contribution in [0.15, 0.2) is 52.1 Å². The quantitative estimate of drug-likeness (QED) is 0.0594. The summed E-state index contributed by atoms with van der Waals surface area (Å²) in [6.07, 6.45) is 0.798. The first kappa shape index (κ1) is 40.6. The molecule has 1 saturated heterocycles. The molecule has 0 radical (unpaired) electrons. The van der Waals surface area contributed by atoms with Crippen LogP contribution in [-0.4, -0.2) is 103 Å². The summed E-state index contributed by atoms with van der Waals surface area (Å²) >= 11 is 4.04. The smallest absolute Gasteiger partial charge is 0.408 e. The average Bonchev–Trinajstić information content (AvgIpc) is 3.73. The van der Waals surface area contributed by atoms with Crippen LogP contribution in [0, 0.1) is 12.8 Å². The number of fused-ring (bicyclic) bond motifs is 2. The average molecular weight is 803 g/mol. The molecule has 290 valence electrons. The second-order valence-electron chi connectivity index (χ2n) is 13.5. The van der Waals surface area contributed by atoms with Crippen molar-refractivity contribution in [2.45, 2.75) is 81.9 Å². The van der Waals surface area contributed by atoms with Crippen molar-refractivity contribution in [1.82, 2.24) is 30.3 Å². The molecule has 0 saturated carbocycles. The molecule has 4 unspecified atom stereocenters. The lowest BCUT2D eigenvalue weighted by molar-refractivity contribution is -0.170. The number of β-lactam (4-membered cyclic amide) rings is 1. The third-order valence-electron chi connectivity index (χ3n) is 8.07. The minimum Gasteiger partial charge on any atom is -0.464 e. The van der Waals surface area contributed by atoms with Gasteiger partial charge in [0.2, 0.25) is 12.8 Å². The SMILES string of the molecule is CCOC(=O)C(C(=O)NC1C(=O)N2C(C(=O)OCOC(=O)C(NC(=O)OC(C)(C)C)C(C)C)=C(CSc3nnc(C)s3)CSC12)n1ccc2ccccc21. The Morgan fingerprint density at radius 2 is 1.78 bits per heavy atom. The fourth-order valence-electron chi connectivity index (χ4n) is 5.63. The molecule has 3 amide bonds. The van der Waals surface area contributed by atoms with E-state index in [1.165, 1.54) is 44.3 Å². The van der Waals surface area contributed by atoms with Crippen LogP contribution in [-0.2, 0) is 42.9 Å². The van der Waals surface area contributed by atoms with Gasteiger partial charge >= 0.3 is 24.0 Å². The topological polar surface area (TPSA) is 197 Å². The summed E-state index contributed by atoms with van der Waals surface area (Å²) in [6.45, 7) is 11.1. The van der Waals surface area contributed by atoms with E-state index in [9.17, 15) is 28.8 Å². The van der Waals surface area contributed by atoms with E-state index in [-0.39, 0.29) is 23.8 Å². The molecule has 5 rings (SSSR count). The van der Waals surface area contributed by atoms with Gasteiger partial charge in [0.1, 0.15) is 33.8 Å². The van der Waals surface area contributed by atoms with Crippen LogP contribution in [0.3, 0.4) is 0 Å². The van der Waals surface area contributed by atoms with Crippen LogP contribution < -0.4 is 10.6 Å². The highest BCUT2D eigenvalue weighted by molar-refractivity contribution is 8.01. The summed E-state index contributed by atoms with van der Waals surface area (Å²) in [6, 6.07) is 5.41. The van der Waals surface area contributed by atoms with Gasteiger partial charge in [0.15, 0.2) is 4.34 Å². The van der Waals surface area contributed by atoms with Gasteiger partial charge in [-0.1, -0.05) is 55.1 Å². The first-order valence-electron chi connectivity index (χ1n) is 17.0. The Balaban J connectivity index is 1.31. The summed E-state index contributed by atoms with van der Waals surface area (Å²) in [4.78, 5) is 81.0. The third kappa shape index (κ3) is 9.35.